The van der Waals surface area contributed by atoms with Crippen molar-refractivity contribution in [1.82, 2.24) is 49.8 Å². The van der Waals surface area contributed by atoms with Gasteiger partial charge in [0.1, 0.15) is 33.5 Å². The van der Waals surface area contributed by atoms with Gasteiger partial charge in [0.25, 0.3) is 0 Å². The Balaban J connectivity index is 0.000000112. The van der Waals surface area contributed by atoms with E-state index in [0.29, 0.717) is 52.4 Å². The summed E-state index contributed by atoms with van der Waals surface area (Å²) < 4.78 is 18.6. The van der Waals surface area contributed by atoms with Crippen LogP contribution in [0.3, 0.4) is 0 Å². The third-order valence-corrected chi connectivity index (χ3v) is 26.1. The number of benzene rings is 20. The molecule has 7 heterocycles. The van der Waals surface area contributed by atoms with Crippen LogP contribution in [-0.2, 0) is 0 Å². The van der Waals surface area contributed by atoms with E-state index in [9.17, 15) is 0 Å². The summed E-state index contributed by atoms with van der Waals surface area (Å²) in [4.78, 5) is 49.7. The molecule has 0 bridgehead atoms. The van der Waals surface area contributed by atoms with Crippen LogP contribution in [0.4, 0.5) is 0 Å². The fourth-order valence-electron chi connectivity index (χ4n) is 18.8. The molecule has 0 unspecified atom stereocenters. The summed E-state index contributed by atoms with van der Waals surface area (Å²) in [5, 5.41) is 13.8. The molecule has 141 heavy (non-hydrogen) atoms. The summed E-state index contributed by atoms with van der Waals surface area (Å²) in [5.41, 5.74) is 26.6. The second-order valence-electron chi connectivity index (χ2n) is 34.9. The lowest BCUT2D eigenvalue weighted by Crippen LogP contribution is -2.00. The summed E-state index contributed by atoms with van der Waals surface area (Å²) in [7, 11) is 0. The maximum absolute atomic E-state index is 6.21. The summed E-state index contributed by atoms with van der Waals surface area (Å²) in [6, 6.07) is 163. The zero-order valence-electron chi connectivity index (χ0n) is 75.9. The predicted molar refractivity (Wildman–Crippen MR) is 573 cm³/mol. The third kappa shape index (κ3) is 16.9. The average Bonchev–Trinajstić information content (AvgIpc) is 1.75. The normalized spacial score (nSPS) is 11.4. The molecule has 27 aromatic rings. The van der Waals surface area contributed by atoms with Crippen LogP contribution in [0.25, 0.3) is 267 Å². The van der Waals surface area contributed by atoms with Crippen molar-refractivity contribution in [3.05, 3.63) is 486 Å². The molecule has 13 nitrogen and oxygen atoms in total. The Morgan fingerprint density at radius 1 is 0.121 bits per heavy atom. The molecule has 0 aliphatic rings. The van der Waals surface area contributed by atoms with Gasteiger partial charge in [-0.3, -0.25) is 4.98 Å². The number of nitrogens with zero attached hydrogens (tertiary/aromatic N) is 10. The third-order valence-electron chi connectivity index (χ3n) is 26.1. The van der Waals surface area contributed by atoms with Crippen molar-refractivity contribution in [2.24, 2.45) is 0 Å². The maximum Gasteiger partial charge on any atom is 0.165 e. The molecule has 27 rings (SSSR count). The molecule has 0 saturated heterocycles. The van der Waals surface area contributed by atoms with Crippen LogP contribution >= 0.6 is 0 Å². The van der Waals surface area contributed by atoms with E-state index >= 15 is 0 Å². The highest BCUT2D eigenvalue weighted by Gasteiger charge is 2.22. The van der Waals surface area contributed by atoms with Gasteiger partial charge in [-0.25, -0.2) is 44.9 Å². The Morgan fingerprint density at radius 3 is 0.809 bits per heavy atom. The fraction of sp³-hybridized carbons (Fsp3) is 0. The minimum atomic E-state index is 0.551. The van der Waals surface area contributed by atoms with Crippen LogP contribution < -0.4 is 0 Å². The van der Waals surface area contributed by atoms with Crippen LogP contribution in [-0.4, -0.2) is 49.8 Å². The smallest absolute Gasteiger partial charge is 0.165 e. The summed E-state index contributed by atoms with van der Waals surface area (Å²) in [6.07, 6.45) is 3.68. The quantitative estimate of drug-likeness (QED) is 0.0951. The molecule has 0 radical (unpaired) electrons. The lowest BCUT2D eigenvalue weighted by Gasteiger charge is -2.11. The molecule has 0 spiro atoms. The van der Waals surface area contributed by atoms with Gasteiger partial charge in [0.2, 0.25) is 0 Å². The Kier molecular flexibility index (Phi) is 21.6. The first-order chi connectivity index (χ1) is 69.8. The Morgan fingerprint density at radius 2 is 0.362 bits per heavy atom. The number of furan rings is 3. The predicted octanol–water partition coefficient (Wildman–Crippen LogP) is 33.2. The minimum Gasteiger partial charge on any atom is -0.456 e. The Hall–Kier alpha value is -19.2. The molecule has 13 heteroatoms. The largest absolute Gasteiger partial charge is 0.456 e. The lowest BCUT2D eigenvalue weighted by atomic mass is 10.00. The molecule has 0 N–H and O–H groups in total. The topological polar surface area (TPSA) is 168 Å². The summed E-state index contributed by atoms with van der Waals surface area (Å²) in [6.45, 7) is 0. The molecule has 0 saturated carbocycles. The summed E-state index contributed by atoms with van der Waals surface area (Å²) >= 11 is 0. The van der Waals surface area contributed by atoms with Crippen molar-refractivity contribution in [2.75, 3.05) is 0 Å². The van der Waals surface area contributed by atoms with Crippen molar-refractivity contribution < 1.29 is 13.3 Å². The van der Waals surface area contributed by atoms with Crippen molar-refractivity contribution in [2.45, 2.75) is 0 Å². The van der Waals surface area contributed by atoms with E-state index in [4.69, 9.17) is 58.1 Å². The van der Waals surface area contributed by atoms with Crippen LogP contribution in [0.5, 0.6) is 0 Å². The van der Waals surface area contributed by atoms with E-state index in [0.717, 1.165) is 182 Å². The first-order valence-corrected chi connectivity index (χ1v) is 46.9. The number of fused-ring (bicyclic) bond motifs is 12. The van der Waals surface area contributed by atoms with Gasteiger partial charge in [0.15, 0.2) is 52.4 Å². The fourth-order valence-corrected chi connectivity index (χ4v) is 18.8. The van der Waals surface area contributed by atoms with Gasteiger partial charge < -0.3 is 13.3 Å². The average molecular weight is 1810 g/mol. The molecule has 660 valence electrons. The molecule has 0 aliphatic carbocycles. The first-order valence-electron chi connectivity index (χ1n) is 46.9. The molecule has 0 fully saturated rings. The SMILES string of the molecule is c1ccc(-c2ccc(-c3nc(-c4ccc(-c5ccc6ccccc6c5)cc4)nc(-c4ccc5c(c4)oc4ccccc45)n3)cc2)cc1.c1ccc(-c2ccc(-c3nc(-c4ccc(-c5ccc6ccccc6c5)cc4)nc(-c4cncc(-c5ccc6c(c5)oc5ccccc56)c4)n3)cc2)cc1.c1ccc(-c2nc(-c3cccc(-c4ccc5c(c4)oc4ccccc45)c3)nc(-c3cccc4ccccc34)n2)cc1. The van der Waals surface area contributed by atoms with Gasteiger partial charge in [-0.05, 0) is 172 Å². The van der Waals surface area contributed by atoms with E-state index in [2.05, 4.69) is 369 Å². The second-order valence-corrected chi connectivity index (χ2v) is 34.9. The first kappa shape index (κ1) is 83.6. The summed E-state index contributed by atoms with van der Waals surface area (Å²) in [5.74, 6) is 5.50. The van der Waals surface area contributed by atoms with E-state index in [1.807, 2.05) is 122 Å². The molecular weight excluding hydrogens is 1730 g/mol. The van der Waals surface area contributed by atoms with E-state index < -0.39 is 0 Å². The minimum absolute atomic E-state index is 0.551. The van der Waals surface area contributed by atoms with Gasteiger partial charge in [0, 0.05) is 100 Å². The van der Waals surface area contributed by atoms with Crippen LogP contribution in [0.1, 0.15) is 0 Å². The van der Waals surface area contributed by atoms with Crippen molar-refractivity contribution in [3.63, 3.8) is 0 Å². The molecular formula is C128H80N10O3. The highest BCUT2D eigenvalue weighted by Crippen LogP contribution is 2.42. The highest BCUT2D eigenvalue weighted by atomic mass is 16.3. The van der Waals surface area contributed by atoms with E-state index in [-0.39, 0.29) is 0 Å². The number of pyridine rings is 1. The van der Waals surface area contributed by atoms with Crippen LogP contribution in [0.15, 0.2) is 499 Å². The van der Waals surface area contributed by atoms with Crippen LogP contribution in [0, 0.1) is 0 Å². The van der Waals surface area contributed by atoms with Crippen molar-refractivity contribution in [3.8, 4) is 169 Å². The number of hydrogen-bond acceptors (Lipinski definition) is 13. The number of para-hydroxylation sites is 3. The van der Waals surface area contributed by atoms with Gasteiger partial charge in [-0.2, -0.15) is 0 Å². The van der Waals surface area contributed by atoms with E-state index in [1.54, 1.807) is 0 Å². The maximum atomic E-state index is 6.21. The van der Waals surface area contributed by atoms with Crippen molar-refractivity contribution in [1.29, 1.82) is 0 Å². The monoisotopic (exact) mass is 1800 g/mol. The molecule has 0 amide bonds. The molecule has 0 atom stereocenters. The Labute approximate surface area is 810 Å². The van der Waals surface area contributed by atoms with Crippen LogP contribution in [0.2, 0.25) is 0 Å². The van der Waals surface area contributed by atoms with Gasteiger partial charge in [-0.15, -0.1) is 0 Å². The number of aromatic nitrogens is 10. The van der Waals surface area contributed by atoms with Gasteiger partial charge in [-0.1, -0.05) is 394 Å². The zero-order chi connectivity index (χ0) is 93.5. The van der Waals surface area contributed by atoms with Gasteiger partial charge >= 0.3 is 0 Å². The lowest BCUT2D eigenvalue weighted by molar-refractivity contribution is 0.668. The highest BCUT2D eigenvalue weighted by molar-refractivity contribution is 6.09. The van der Waals surface area contributed by atoms with Gasteiger partial charge in [0.05, 0.1) is 0 Å². The molecule has 0 aliphatic heterocycles. The van der Waals surface area contributed by atoms with Crippen molar-refractivity contribution >= 4 is 98.1 Å². The number of rotatable bonds is 15. The second kappa shape index (κ2) is 36.5. The number of hydrogen-bond donors (Lipinski definition) is 0. The zero-order valence-corrected chi connectivity index (χ0v) is 75.9. The Bertz CT molecular complexity index is 9410. The molecule has 7 aromatic heterocycles. The molecule has 20 aromatic carbocycles. The standard InChI is InChI=1S/C48H30N4O.C43H27N3O.C37H23N3O/c1-2-8-31(9-3-1)33-14-19-35(20-15-33)46-50-47(36-21-16-34(17-22-36)38-23-18-32-10-4-5-11-37(32)26-38)52-48(51-46)41-27-40(29-49-30-41)39-24-25-43-42-12-6-7-13-44(42)53-45(43)28-39;1-2-8-28(9-3-1)30-14-19-32(20-15-30)41-44-42(33-21-16-31(17-22-33)35-23-18-29-10-4-5-11-34(29)26-35)46-43(45-41)36-24-25-38-37-12-6-7-13-39(37)47-40(38)27-36;1-2-11-25(12-3-1)35-38-36(40-37(39-35)32-18-9-13-24-10-4-5-16-29(24)32)28-15-8-14-26(22-28)27-20-21-31-30-17-6-7-19-33(30)41-34(31)23-27/h1-30H;1-27H;1-23H. The van der Waals surface area contributed by atoms with E-state index in [1.165, 1.54) is 32.7 Å².